The van der Waals surface area contributed by atoms with Crippen LogP contribution >= 0.6 is 15.9 Å². The van der Waals surface area contributed by atoms with E-state index in [2.05, 4.69) is 26.5 Å². The number of hydrazone groups is 1. The van der Waals surface area contributed by atoms with Crippen LogP contribution in [0.4, 0.5) is 0 Å². The molecule has 2 rings (SSSR count). The number of nitrogens with one attached hydrogen (secondary N) is 1. The maximum absolute atomic E-state index is 11.9. The third kappa shape index (κ3) is 3.93. The Balaban J connectivity index is 2.01. The second-order valence-corrected chi connectivity index (χ2v) is 4.90. The first-order chi connectivity index (χ1) is 9.69. The molecule has 102 valence electrons. The highest BCUT2D eigenvalue weighted by Crippen LogP contribution is 2.12. The lowest BCUT2D eigenvalue weighted by atomic mass is 10.2. The number of hydrogen-bond donors (Lipinski definition) is 1. The van der Waals surface area contributed by atoms with Crippen molar-refractivity contribution in [2.45, 2.75) is 0 Å². The van der Waals surface area contributed by atoms with Gasteiger partial charge in [0.15, 0.2) is 0 Å². The van der Waals surface area contributed by atoms with Crippen LogP contribution in [0.1, 0.15) is 15.9 Å². The molecule has 0 spiro atoms. The van der Waals surface area contributed by atoms with Gasteiger partial charge in [0.2, 0.25) is 0 Å². The quantitative estimate of drug-likeness (QED) is 0.690. The van der Waals surface area contributed by atoms with Crippen molar-refractivity contribution in [1.29, 1.82) is 0 Å². The number of ether oxygens (including phenoxy) is 1. The number of benzene rings is 2. The minimum absolute atomic E-state index is 0.282. The highest BCUT2D eigenvalue weighted by molar-refractivity contribution is 9.10. The Labute approximate surface area is 125 Å². The number of carbonyl (C=O) groups is 1. The molecule has 4 nitrogen and oxygen atoms in total. The number of hydrogen-bond acceptors (Lipinski definition) is 3. The molecule has 0 atom stereocenters. The predicted molar refractivity (Wildman–Crippen MR) is 82.2 cm³/mol. The van der Waals surface area contributed by atoms with Gasteiger partial charge in [-0.3, -0.25) is 4.79 Å². The molecule has 1 amide bonds. The van der Waals surface area contributed by atoms with E-state index < -0.39 is 0 Å². The second kappa shape index (κ2) is 6.86. The van der Waals surface area contributed by atoms with Gasteiger partial charge in [-0.2, -0.15) is 5.10 Å². The first-order valence-corrected chi connectivity index (χ1v) is 6.71. The monoisotopic (exact) mass is 332 g/mol. The standard InChI is InChI=1S/C15H13BrN2O2/c1-20-14-7-3-5-12(9-14)15(19)18-17-10-11-4-2-6-13(16)8-11/h2-10H,1H3,(H,18,19)/b17-10-. The van der Waals surface area contributed by atoms with E-state index in [1.807, 2.05) is 24.3 Å². The molecular weight excluding hydrogens is 320 g/mol. The fourth-order valence-electron chi connectivity index (χ4n) is 1.58. The van der Waals surface area contributed by atoms with E-state index >= 15 is 0 Å². The van der Waals surface area contributed by atoms with Crippen molar-refractivity contribution in [3.05, 3.63) is 64.1 Å². The average molecular weight is 333 g/mol. The molecule has 0 fully saturated rings. The number of rotatable bonds is 4. The topological polar surface area (TPSA) is 50.7 Å². The molecule has 2 aromatic carbocycles. The van der Waals surface area contributed by atoms with Gasteiger partial charge in [-0.15, -0.1) is 0 Å². The highest BCUT2D eigenvalue weighted by atomic mass is 79.9. The number of amides is 1. The Morgan fingerprint density at radius 2 is 2.05 bits per heavy atom. The molecule has 0 radical (unpaired) electrons. The van der Waals surface area contributed by atoms with Crippen LogP contribution in [-0.4, -0.2) is 19.2 Å². The van der Waals surface area contributed by atoms with E-state index in [1.165, 1.54) is 0 Å². The lowest BCUT2D eigenvalue weighted by molar-refractivity contribution is 0.0955. The van der Waals surface area contributed by atoms with Crippen LogP contribution in [0.15, 0.2) is 58.1 Å². The van der Waals surface area contributed by atoms with E-state index in [9.17, 15) is 4.79 Å². The van der Waals surface area contributed by atoms with E-state index in [4.69, 9.17) is 4.74 Å². The van der Waals surface area contributed by atoms with Gasteiger partial charge in [0.1, 0.15) is 5.75 Å². The maximum Gasteiger partial charge on any atom is 0.271 e. The number of carbonyl (C=O) groups excluding carboxylic acids is 1. The van der Waals surface area contributed by atoms with Crippen molar-refractivity contribution in [3.63, 3.8) is 0 Å². The average Bonchev–Trinajstić information content (AvgIpc) is 2.47. The zero-order valence-corrected chi connectivity index (χ0v) is 12.4. The first kappa shape index (κ1) is 14.3. The van der Waals surface area contributed by atoms with E-state index in [-0.39, 0.29) is 5.91 Å². The summed E-state index contributed by atoms with van der Waals surface area (Å²) in [6.45, 7) is 0. The Hall–Kier alpha value is -2.14. The Bertz CT molecular complexity index is 641. The van der Waals surface area contributed by atoms with Gasteiger partial charge in [0, 0.05) is 10.0 Å². The summed E-state index contributed by atoms with van der Waals surface area (Å²) in [5.41, 5.74) is 3.87. The van der Waals surface area contributed by atoms with Crippen molar-refractivity contribution in [2.24, 2.45) is 5.10 Å². The van der Waals surface area contributed by atoms with Gasteiger partial charge in [-0.05, 0) is 35.9 Å². The highest BCUT2D eigenvalue weighted by Gasteiger charge is 2.04. The second-order valence-electron chi connectivity index (χ2n) is 3.99. The van der Waals surface area contributed by atoms with E-state index in [0.717, 1.165) is 10.0 Å². The normalized spacial score (nSPS) is 10.5. The lowest BCUT2D eigenvalue weighted by Crippen LogP contribution is -2.17. The molecule has 0 saturated carbocycles. The molecule has 0 aliphatic carbocycles. The molecule has 1 N–H and O–H groups in total. The number of nitrogens with zero attached hydrogens (tertiary/aromatic N) is 1. The Morgan fingerprint density at radius 1 is 1.25 bits per heavy atom. The van der Waals surface area contributed by atoms with Crippen LogP contribution < -0.4 is 10.2 Å². The number of halogens is 1. The van der Waals surface area contributed by atoms with Gasteiger partial charge in [-0.25, -0.2) is 5.43 Å². The third-order valence-electron chi connectivity index (χ3n) is 2.56. The SMILES string of the molecule is COc1cccc(C(=O)N/N=C\c2cccc(Br)c2)c1. The van der Waals surface area contributed by atoms with E-state index in [0.29, 0.717) is 11.3 Å². The summed E-state index contributed by atoms with van der Waals surface area (Å²) in [7, 11) is 1.56. The molecule has 0 bridgehead atoms. The molecular formula is C15H13BrN2O2. The largest absolute Gasteiger partial charge is 0.497 e. The molecule has 0 aromatic heterocycles. The zero-order valence-electron chi connectivity index (χ0n) is 10.8. The molecule has 0 aliphatic rings. The van der Waals surface area contributed by atoms with Crippen LogP contribution in [0.25, 0.3) is 0 Å². The molecule has 0 unspecified atom stereocenters. The van der Waals surface area contributed by atoms with Gasteiger partial charge in [-0.1, -0.05) is 34.1 Å². The molecule has 2 aromatic rings. The van der Waals surface area contributed by atoms with Crippen LogP contribution in [0, 0.1) is 0 Å². The predicted octanol–water partition coefficient (Wildman–Crippen LogP) is 3.22. The summed E-state index contributed by atoms with van der Waals surface area (Å²) < 4.78 is 6.03. The molecule has 20 heavy (non-hydrogen) atoms. The Kier molecular flexibility index (Phi) is 4.90. The van der Waals surface area contributed by atoms with Crippen molar-refractivity contribution in [3.8, 4) is 5.75 Å². The van der Waals surface area contributed by atoms with Crippen molar-refractivity contribution < 1.29 is 9.53 Å². The summed E-state index contributed by atoms with van der Waals surface area (Å²) in [6.07, 6.45) is 1.59. The van der Waals surface area contributed by atoms with Crippen LogP contribution in [0.3, 0.4) is 0 Å². The minimum Gasteiger partial charge on any atom is -0.497 e. The Morgan fingerprint density at radius 3 is 2.80 bits per heavy atom. The van der Waals surface area contributed by atoms with Crippen molar-refractivity contribution in [1.82, 2.24) is 5.43 Å². The molecule has 5 heteroatoms. The van der Waals surface area contributed by atoms with Crippen LogP contribution in [0.5, 0.6) is 5.75 Å². The van der Waals surface area contributed by atoms with Gasteiger partial charge in [0.05, 0.1) is 13.3 Å². The molecule has 0 heterocycles. The fraction of sp³-hybridized carbons (Fsp3) is 0.0667. The maximum atomic E-state index is 11.9. The summed E-state index contributed by atoms with van der Waals surface area (Å²) in [6, 6.07) is 14.5. The zero-order chi connectivity index (χ0) is 14.4. The smallest absolute Gasteiger partial charge is 0.271 e. The van der Waals surface area contributed by atoms with Gasteiger partial charge >= 0.3 is 0 Å². The van der Waals surface area contributed by atoms with Gasteiger partial charge < -0.3 is 4.74 Å². The molecule has 0 aliphatic heterocycles. The van der Waals surface area contributed by atoms with Gasteiger partial charge in [0.25, 0.3) is 5.91 Å². The molecule has 0 saturated heterocycles. The minimum atomic E-state index is -0.282. The van der Waals surface area contributed by atoms with Crippen LogP contribution in [0.2, 0.25) is 0 Å². The van der Waals surface area contributed by atoms with Crippen molar-refractivity contribution in [2.75, 3.05) is 7.11 Å². The fourth-order valence-corrected chi connectivity index (χ4v) is 2.00. The first-order valence-electron chi connectivity index (χ1n) is 5.92. The van der Waals surface area contributed by atoms with Crippen LogP contribution in [-0.2, 0) is 0 Å². The van der Waals surface area contributed by atoms with E-state index in [1.54, 1.807) is 37.6 Å². The summed E-state index contributed by atoms with van der Waals surface area (Å²) in [4.78, 5) is 11.9. The number of methoxy groups -OCH3 is 1. The lowest BCUT2D eigenvalue weighted by Gasteiger charge is -2.03. The summed E-state index contributed by atoms with van der Waals surface area (Å²) in [5.74, 6) is 0.351. The van der Waals surface area contributed by atoms with Crippen molar-refractivity contribution >= 4 is 28.1 Å². The summed E-state index contributed by atoms with van der Waals surface area (Å²) >= 11 is 3.37. The third-order valence-corrected chi connectivity index (χ3v) is 3.05. The summed E-state index contributed by atoms with van der Waals surface area (Å²) in [5, 5.41) is 3.93.